The van der Waals surface area contributed by atoms with E-state index in [1.165, 1.54) is 24.3 Å². The first kappa shape index (κ1) is 36.4. The average molecular weight is 708 g/mol. The van der Waals surface area contributed by atoms with E-state index in [4.69, 9.17) is 4.74 Å². The summed E-state index contributed by atoms with van der Waals surface area (Å²) in [5.41, 5.74) is 3.88. The van der Waals surface area contributed by atoms with Gasteiger partial charge in [0.1, 0.15) is 6.54 Å². The highest BCUT2D eigenvalue weighted by Gasteiger charge is 2.31. The molecule has 3 aromatic carbocycles. The molecule has 0 N–H and O–H groups in total. The van der Waals surface area contributed by atoms with E-state index in [0.717, 1.165) is 73.9 Å². The molecular weight excluding hydrogens is 665 g/mol. The molecule has 1 aliphatic carbocycles. The Morgan fingerprint density at radius 1 is 0.922 bits per heavy atom. The van der Waals surface area contributed by atoms with Gasteiger partial charge in [0, 0.05) is 62.3 Å². The molecule has 1 amide bonds. The van der Waals surface area contributed by atoms with E-state index in [9.17, 15) is 31.5 Å². The Labute approximate surface area is 294 Å². The number of piperidine rings is 1. The Kier molecular flexibility index (Phi) is 11.4. The molecule has 270 valence electrons. The normalized spacial score (nSPS) is 15.3. The molecule has 4 aromatic rings. The summed E-state index contributed by atoms with van der Waals surface area (Å²) in [6, 6.07) is 18.1. The average Bonchev–Trinajstić information content (AvgIpc) is 3.63. The Balaban J connectivity index is 1.26. The van der Waals surface area contributed by atoms with Crippen molar-refractivity contribution in [3.05, 3.63) is 128 Å². The van der Waals surface area contributed by atoms with Gasteiger partial charge in [-0.2, -0.15) is 13.2 Å². The zero-order valence-corrected chi connectivity index (χ0v) is 28.7. The number of fused-ring (bicyclic) bond motifs is 1. The van der Waals surface area contributed by atoms with Gasteiger partial charge in [0.15, 0.2) is 17.1 Å². The Morgan fingerprint density at radius 3 is 2.27 bits per heavy atom. The molecule has 6 nitrogen and oxygen atoms in total. The number of pyridine rings is 1. The van der Waals surface area contributed by atoms with Gasteiger partial charge in [-0.3, -0.25) is 9.59 Å². The number of alkyl halides is 3. The van der Waals surface area contributed by atoms with Gasteiger partial charge in [-0.15, -0.1) is 0 Å². The highest BCUT2D eigenvalue weighted by atomic mass is 19.4. The predicted octanol–water partition coefficient (Wildman–Crippen LogP) is 7.23. The number of methoxy groups -OCH3 is 1. The standard InChI is InChI=1S/C40H42F5N3O3/c1-51-23-22-46-20-18-32(19-21-46)48(25-27-8-10-28(11-9-27)29-12-15-31(16-13-29)40(43,44)45)38(50)26-47-33(24-37(49)34-5-3-7-36(34)47)17-14-30-4-2-6-35(41)39(30)42/h2,4,6,8-13,15-16,24,32H,3,5,7,14,17-23,25-26H2,1H3. The van der Waals surface area contributed by atoms with Crippen LogP contribution in [0.4, 0.5) is 22.0 Å². The maximum absolute atomic E-state index is 14.6. The van der Waals surface area contributed by atoms with Crippen molar-refractivity contribution in [1.82, 2.24) is 14.4 Å². The van der Waals surface area contributed by atoms with Crippen molar-refractivity contribution >= 4 is 5.91 Å². The number of likely N-dealkylation sites (tertiary alicyclic amines) is 1. The quantitative estimate of drug-likeness (QED) is 0.146. The van der Waals surface area contributed by atoms with Crippen molar-refractivity contribution in [2.45, 2.75) is 70.3 Å². The first-order chi connectivity index (χ1) is 24.5. The number of carbonyl (C=O) groups excluding carboxylic acids is 1. The van der Waals surface area contributed by atoms with Crippen LogP contribution in [-0.4, -0.2) is 59.7 Å². The Morgan fingerprint density at radius 2 is 1.61 bits per heavy atom. The number of amides is 1. The third kappa shape index (κ3) is 8.59. The lowest BCUT2D eigenvalue weighted by molar-refractivity contribution is -0.138. The van der Waals surface area contributed by atoms with Crippen LogP contribution in [0, 0.1) is 11.6 Å². The molecule has 6 rings (SSSR count). The summed E-state index contributed by atoms with van der Waals surface area (Å²) in [6.07, 6.45) is -0.340. The number of carbonyl (C=O) groups is 1. The minimum atomic E-state index is -4.41. The minimum absolute atomic E-state index is 0.0110. The number of aromatic nitrogens is 1. The van der Waals surface area contributed by atoms with Gasteiger partial charge in [0.05, 0.1) is 12.2 Å². The second-order valence-corrected chi connectivity index (χ2v) is 13.4. The van der Waals surface area contributed by atoms with Crippen LogP contribution in [0.25, 0.3) is 11.1 Å². The molecule has 1 aromatic heterocycles. The first-order valence-electron chi connectivity index (χ1n) is 17.5. The van der Waals surface area contributed by atoms with E-state index in [0.29, 0.717) is 42.8 Å². The smallest absolute Gasteiger partial charge is 0.383 e. The maximum atomic E-state index is 14.6. The van der Waals surface area contributed by atoms with Gasteiger partial charge < -0.3 is 19.1 Å². The number of aryl methyl sites for hydroxylation is 2. The molecule has 2 aliphatic rings. The zero-order chi connectivity index (χ0) is 36.1. The zero-order valence-electron chi connectivity index (χ0n) is 28.7. The number of ether oxygens (including phenoxy) is 1. The van der Waals surface area contributed by atoms with Crippen molar-refractivity contribution < 1.29 is 31.5 Å². The summed E-state index contributed by atoms with van der Waals surface area (Å²) < 4.78 is 75.0. The van der Waals surface area contributed by atoms with Crippen LogP contribution >= 0.6 is 0 Å². The van der Waals surface area contributed by atoms with Gasteiger partial charge >= 0.3 is 6.18 Å². The van der Waals surface area contributed by atoms with Crippen LogP contribution in [0.5, 0.6) is 0 Å². The minimum Gasteiger partial charge on any atom is -0.383 e. The molecule has 0 atom stereocenters. The van der Waals surface area contributed by atoms with Crippen LogP contribution in [0.3, 0.4) is 0 Å². The van der Waals surface area contributed by atoms with Gasteiger partial charge in [-0.1, -0.05) is 48.5 Å². The molecule has 51 heavy (non-hydrogen) atoms. The van der Waals surface area contributed by atoms with E-state index in [2.05, 4.69) is 4.90 Å². The second kappa shape index (κ2) is 15.9. The maximum Gasteiger partial charge on any atom is 0.416 e. The van der Waals surface area contributed by atoms with Crippen molar-refractivity contribution in [3.63, 3.8) is 0 Å². The molecule has 2 heterocycles. The lowest BCUT2D eigenvalue weighted by Gasteiger charge is -2.39. The summed E-state index contributed by atoms with van der Waals surface area (Å²) >= 11 is 0. The van der Waals surface area contributed by atoms with E-state index in [1.807, 2.05) is 33.7 Å². The molecule has 0 saturated carbocycles. The molecule has 1 aliphatic heterocycles. The van der Waals surface area contributed by atoms with Crippen LogP contribution in [0.2, 0.25) is 0 Å². The number of hydrogen-bond donors (Lipinski definition) is 0. The fourth-order valence-electron chi connectivity index (χ4n) is 7.36. The molecule has 11 heteroatoms. The summed E-state index contributed by atoms with van der Waals surface area (Å²) in [5, 5.41) is 0. The summed E-state index contributed by atoms with van der Waals surface area (Å²) in [6.45, 7) is 3.39. The topological polar surface area (TPSA) is 54.8 Å². The fourth-order valence-corrected chi connectivity index (χ4v) is 7.36. The van der Waals surface area contributed by atoms with Gasteiger partial charge in [0.25, 0.3) is 0 Å². The highest BCUT2D eigenvalue weighted by Crippen LogP contribution is 2.31. The monoisotopic (exact) mass is 707 g/mol. The van der Waals surface area contributed by atoms with E-state index in [-0.39, 0.29) is 42.3 Å². The molecule has 1 saturated heterocycles. The highest BCUT2D eigenvalue weighted by molar-refractivity contribution is 5.77. The third-order valence-electron chi connectivity index (χ3n) is 10.2. The fraction of sp³-hybridized carbons (Fsp3) is 0.400. The number of hydrogen-bond acceptors (Lipinski definition) is 4. The van der Waals surface area contributed by atoms with E-state index >= 15 is 0 Å². The summed E-state index contributed by atoms with van der Waals surface area (Å²) in [7, 11) is 1.67. The molecule has 0 unspecified atom stereocenters. The van der Waals surface area contributed by atoms with Gasteiger partial charge in [-0.05, 0) is 85.4 Å². The van der Waals surface area contributed by atoms with Gasteiger partial charge in [0.2, 0.25) is 5.91 Å². The first-order valence-corrected chi connectivity index (χ1v) is 17.5. The summed E-state index contributed by atoms with van der Waals surface area (Å²) in [5.74, 6) is -1.94. The van der Waals surface area contributed by atoms with Gasteiger partial charge in [-0.25, -0.2) is 8.78 Å². The molecule has 0 radical (unpaired) electrons. The number of nitrogens with zero attached hydrogens (tertiary/aromatic N) is 3. The van der Waals surface area contributed by atoms with Crippen LogP contribution in [-0.2, 0) is 54.5 Å². The molecule has 1 fully saturated rings. The number of benzene rings is 3. The SMILES string of the molecule is COCCN1CCC(N(Cc2ccc(-c3ccc(C(F)(F)F)cc3)cc2)C(=O)Cn2c(CCc3cccc(F)c3F)cc(=O)c3c2CCC3)CC1. The lowest BCUT2D eigenvalue weighted by atomic mass is 10.00. The number of rotatable bonds is 12. The Bertz CT molecular complexity index is 1880. The van der Waals surface area contributed by atoms with Crippen molar-refractivity contribution in [3.8, 4) is 11.1 Å². The van der Waals surface area contributed by atoms with E-state index < -0.39 is 23.4 Å². The lowest BCUT2D eigenvalue weighted by Crippen LogP contribution is -2.48. The van der Waals surface area contributed by atoms with Crippen molar-refractivity contribution in [2.24, 2.45) is 0 Å². The van der Waals surface area contributed by atoms with Crippen LogP contribution in [0.15, 0.2) is 77.6 Å². The Hall–Kier alpha value is -4.35. The molecular formula is C40H42F5N3O3. The van der Waals surface area contributed by atoms with Crippen molar-refractivity contribution in [2.75, 3.05) is 33.4 Å². The predicted molar refractivity (Wildman–Crippen MR) is 185 cm³/mol. The molecule has 0 spiro atoms. The number of halogens is 5. The van der Waals surface area contributed by atoms with Crippen LogP contribution < -0.4 is 5.43 Å². The largest absolute Gasteiger partial charge is 0.416 e. The second-order valence-electron chi connectivity index (χ2n) is 13.4. The third-order valence-corrected chi connectivity index (χ3v) is 10.2. The van der Waals surface area contributed by atoms with Crippen molar-refractivity contribution in [1.29, 1.82) is 0 Å². The van der Waals surface area contributed by atoms with E-state index in [1.54, 1.807) is 13.2 Å². The summed E-state index contributed by atoms with van der Waals surface area (Å²) in [4.78, 5) is 31.8. The van der Waals surface area contributed by atoms with Crippen LogP contribution in [0.1, 0.15) is 52.9 Å². The molecule has 0 bridgehead atoms.